The van der Waals surface area contributed by atoms with Crippen molar-refractivity contribution in [2.45, 2.75) is 117 Å². The third-order valence-electron chi connectivity index (χ3n) is 6.00. The Hall–Kier alpha value is -0.139. The molecule has 0 spiro atoms. The lowest BCUT2D eigenvalue weighted by Gasteiger charge is -2.56. The monoisotopic (exact) mass is 624 g/mol. The van der Waals surface area contributed by atoms with Gasteiger partial charge >= 0.3 is 11.9 Å². The second-order valence-electron chi connectivity index (χ2n) is 13.6. The molecule has 37 heavy (non-hydrogen) atoms. The van der Waals surface area contributed by atoms with Gasteiger partial charge in [-0.05, 0) is 110 Å². The van der Waals surface area contributed by atoms with Crippen LogP contribution in [-0.4, -0.2) is 73.1 Å². The molecule has 0 aliphatic heterocycles. The van der Waals surface area contributed by atoms with E-state index in [9.17, 15) is 9.59 Å². The number of carbonyl (C=O) groups excluding carboxylic acids is 2. The van der Waals surface area contributed by atoms with Gasteiger partial charge < -0.3 is 21.8 Å². The summed E-state index contributed by atoms with van der Waals surface area (Å²) >= 11 is 0. The maximum Gasteiger partial charge on any atom is 0.333 e. The molecule has 0 saturated heterocycles. The maximum absolute atomic E-state index is 12.1. The molecule has 0 N–H and O–H groups in total. The summed E-state index contributed by atoms with van der Waals surface area (Å²) in [7, 11) is -13.4. The van der Waals surface area contributed by atoms with Crippen LogP contribution in [-0.2, 0) is 31.4 Å². The molecule has 0 aromatic heterocycles. The average Bonchev–Trinajstić information content (AvgIpc) is 2.63. The fourth-order valence-electron chi connectivity index (χ4n) is 5.17. The van der Waals surface area contributed by atoms with Gasteiger partial charge in [-0.3, -0.25) is 4.79 Å². The van der Waals surface area contributed by atoms with Gasteiger partial charge in [-0.15, -0.1) is 0 Å². The van der Waals surface area contributed by atoms with Gasteiger partial charge in [0.15, 0.2) is 40.6 Å². The highest BCUT2D eigenvalue weighted by atomic mass is 29.7. The molecule has 0 radical (unpaired) electrons. The van der Waals surface area contributed by atoms with Crippen molar-refractivity contribution >= 4 is 59.9 Å². The Bertz CT molecular complexity index is 757. The Morgan fingerprint density at radius 2 is 1.03 bits per heavy atom. The molecular formula is C24H56O7Si6. The van der Waals surface area contributed by atoms with Crippen LogP contribution in [0.4, 0.5) is 0 Å². The molecule has 7 nitrogen and oxygen atoms in total. The van der Waals surface area contributed by atoms with E-state index in [0.717, 1.165) is 24.9 Å². The standard InChI is InChI=1S/C24H56O7Si6/c1-22(2)24(26)28-19-17-21-37(35(12,13)29-32(4,5)6,36(14,15)30-33(7,8)9)31-34(10,11)20-16-18-27-23(3)25/h1,16-21H2,2-15H3. The first-order chi connectivity index (χ1) is 16.4. The molecule has 0 bridgehead atoms. The molecule has 0 aliphatic carbocycles. The zero-order valence-electron chi connectivity index (χ0n) is 26.3. The minimum Gasteiger partial charge on any atom is -0.466 e. The molecule has 0 aliphatic rings. The minimum atomic E-state index is -2.64. The summed E-state index contributed by atoms with van der Waals surface area (Å²) in [6, 6.07) is 1.75. The topological polar surface area (TPSA) is 80.3 Å². The van der Waals surface area contributed by atoms with E-state index >= 15 is 0 Å². The van der Waals surface area contributed by atoms with E-state index in [0.29, 0.717) is 18.8 Å². The highest BCUT2D eigenvalue weighted by molar-refractivity contribution is 7.66. The first-order valence-corrected chi connectivity index (χ1v) is 33.3. The zero-order chi connectivity index (χ0) is 29.5. The lowest BCUT2D eigenvalue weighted by Crippen LogP contribution is -2.81. The van der Waals surface area contributed by atoms with Crippen LogP contribution in [0.1, 0.15) is 26.7 Å². The van der Waals surface area contributed by atoms with Crippen molar-refractivity contribution in [2.24, 2.45) is 0 Å². The van der Waals surface area contributed by atoms with Crippen molar-refractivity contribution in [1.29, 1.82) is 0 Å². The van der Waals surface area contributed by atoms with Gasteiger partial charge in [0, 0.05) is 12.5 Å². The molecule has 0 fully saturated rings. The highest BCUT2D eigenvalue weighted by Gasteiger charge is 2.66. The number of ether oxygens (including phenoxy) is 2. The van der Waals surface area contributed by atoms with Gasteiger partial charge in [-0.25, -0.2) is 4.79 Å². The van der Waals surface area contributed by atoms with E-state index in [1.54, 1.807) is 6.92 Å². The van der Waals surface area contributed by atoms with Gasteiger partial charge in [-0.2, -0.15) is 0 Å². The SMILES string of the molecule is C=C(C)C(=O)OCCC[Si](O[Si](C)(C)CCCOC(C)=O)([Si](C)(C)O[Si](C)(C)C)[Si](C)(C)O[Si](C)(C)C. The summed E-state index contributed by atoms with van der Waals surface area (Å²) in [6.45, 7) is 35.1. The summed E-state index contributed by atoms with van der Waals surface area (Å²) in [5, 5.41) is 0. The lowest BCUT2D eigenvalue weighted by molar-refractivity contribution is -0.141. The van der Waals surface area contributed by atoms with Gasteiger partial charge in [0.25, 0.3) is 0 Å². The number of hydrogen-bond donors (Lipinski definition) is 0. The van der Waals surface area contributed by atoms with Crippen molar-refractivity contribution in [3.05, 3.63) is 12.2 Å². The highest BCUT2D eigenvalue weighted by Crippen LogP contribution is 2.41. The van der Waals surface area contributed by atoms with Gasteiger partial charge in [0.05, 0.1) is 13.2 Å². The predicted molar refractivity (Wildman–Crippen MR) is 169 cm³/mol. The first kappa shape index (κ1) is 36.9. The molecule has 0 amide bonds. The Morgan fingerprint density at radius 1 is 0.622 bits per heavy atom. The fourth-order valence-corrected chi connectivity index (χ4v) is 72.3. The van der Waals surface area contributed by atoms with Crippen molar-refractivity contribution in [2.75, 3.05) is 13.2 Å². The van der Waals surface area contributed by atoms with Crippen LogP contribution in [0.3, 0.4) is 0 Å². The predicted octanol–water partition coefficient (Wildman–Crippen LogP) is 6.89. The van der Waals surface area contributed by atoms with E-state index in [1.807, 2.05) is 0 Å². The summed E-state index contributed by atoms with van der Waals surface area (Å²) in [4.78, 5) is 23.3. The maximum atomic E-state index is 12.1. The third kappa shape index (κ3) is 13.2. The normalized spacial score (nSPS) is 13.9. The summed E-state index contributed by atoms with van der Waals surface area (Å²) in [5.41, 5.74) is 0.412. The second kappa shape index (κ2) is 14.0. The average molecular weight is 625 g/mol. The van der Waals surface area contributed by atoms with E-state index < -0.39 is 48.0 Å². The van der Waals surface area contributed by atoms with Crippen LogP contribution >= 0.6 is 0 Å². The molecule has 0 atom stereocenters. The fraction of sp³-hybridized carbons (Fsp3) is 0.833. The molecule has 218 valence electrons. The molecule has 0 aromatic rings. The number of esters is 2. The first-order valence-electron chi connectivity index (χ1n) is 13.4. The van der Waals surface area contributed by atoms with Crippen LogP contribution in [0.2, 0.25) is 90.7 Å². The quantitative estimate of drug-likeness (QED) is 0.0755. The van der Waals surface area contributed by atoms with E-state index in [1.165, 1.54) is 6.92 Å². The Balaban J connectivity index is 6.53. The van der Waals surface area contributed by atoms with Crippen LogP contribution in [0.15, 0.2) is 12.2 Å². The molecule has 0 heterocycles. The summed E-state index contributed by atoms with van der Waals surface area (Å²) < 4.78 is 32.6. The summed E-state index contributed by atoms with van der Waals surface area (Å²) in [5.74, 6) is -0.597. The Labute approximate surface area is 233 Å². The van der Waals surface area contributed by atoms with Gasteiger partial charge in [0.1, 0.15) is 0 Å². The van der Waals surface area contributed by atoms with Crippen molar-refractivity contribution in [1.82, 2.24) is 0 Å². The number of hydrogen-bond acceptors (Lipinski definition) is 7. The Kier molecular flexibility index (Phi) is 13.9. The molecule has 0 unspecified atom stereocenters. The molecular weight excluding hydrogens is 569 g/mol. The zero-order valence-corrected chi connectivity index (χ0v) is 32.3. The van der Waals surface area contributed by atoms with E-state index in [2.05, 4.69) is 85.1 Å². The van der Waals surface area contributed by atoms with Crippen LogP contribution in [0, 0.1) is 0 Å². The number of rotatable bonds is 17. The van der Waals surface area contributed by atoms with Crippen LogP contribution in [0.5, 0.6) is 0 Å². The molecule has 0 rings (SSSR count). The van der Waals surface area contributed by atoms with E-state index in [-0.39, 0.29) is 11.9 Å². The molecule has 0 saturated carbocycles. The Morgan fingerprint density at radius 3 is 1.41 bits per heavy atom. The van der Waals surface area contributed by atoms with Crippen molar-refractivity contribution in [3.63, 3.8) is 0 Å². The van der Waals surface area contributed by atoms with Crippen molar-refractivity contribution < 1.29 is 31.4 Å². The van der Waals surface area contributed by atoms with Gasteiger partial charge in [-0.1, -0.05) is 6.58 Å². The number of carbonyl (C=O) groups is 2. The van der Waals surface area contributed by atoms with Crippen LogP contribution in [0.25, 0.3) is 0 Å². The second-order valence-corrected chi connectivity index (χ2v) is 50.3. The summed E-state index contributed by atoms with van der Waals surface area (Å²) in [6.07, 6.45) is 1.51. The van der Waals surface area contributed by atoms with E-state index in [4.69, 9.17) is 21.8 Å². The minimum absolute atomic E-state index is 0.248. The van der Waals surface area contributed by atoms with Crippen LogP contribution < -0.4 is 0 Å². The molecule has 13 heteroatoms. The van der Waals surface area contributed by atoms with Crippen molar-refractivity contribution in [3.8, 4) is 0 Å². The smallest absolute Gasteiger partial charge is 0.333 e. The molecule has 0 aromatic carbocycles. The largest absolute Gasteiger partial charge is 0.466 e. The van der Waals surface area contributed by atoms with Gasteiger partial charge in [0.2, 0.25) is 7.35 Å². The third-order valence-corrected chi connectivity index (χ3v) is 52.8. The lowest BCUT2D eigenvalue weighted by atomic mass is 10.4.